The number of nitrogens with zero attached hydrogens (tertiary/aromatic N) is 3. The van der Waals surface area contributed by atoms with E-state index < -0.39 is 0 Å². The first-order valence-corrected chi connectivity index (χ1v) is 11.5. The van der Waals surface area contributed by atoms with Crippen molar-refractivity contribution in [2.24, 2.45) is 10.4 Å². The molecule has 0 atom stereocenters. The first-order chi connectivity index (χ1) is 14.9. The number of guanidine groups is 1. The van der Waals surface area contributed by atoms with Crippen LogP contribution >= 0.6 is 24.0 Å². The van der Waals surface area contributed by atoms with Gasteiger partial charge in [-0.15, -0.1) is 24.0 Å². The van der Waals surface area contributed by atoms with Crippen LogP contribution in [0.3, 0.4) is 0 Å². The summed E-state index contributed by atoms with van der Waals surface area (Å²) in [6.07, 6.45) is 7.43. The Labute approximate surface area is 209 Å². The molecule has 0 aromatic heterocycles. The Kier molecular flexibility index (Phi) is 10.2. The van der Waals surface area contributed by atoms with E-state index in [1.807, 2.05) is 43.3 Å². The predicted octanol–water partition coefficient (Wildman–Crippen LogP) is 3.24. The quantitative estimate of drug-likeness (QED) is 0.321. The van der Waals surface area contributed by atoms with Crippen molar-refractivity contribution in [2.75, 3.05) is 40.8 Å². The molecule has 32 heavy (non-hydrogen) atoms. The minimum Gasteiger partial charge on any atom is -0.355 e. The average molecular weight is 556 g/mol. The Morgan fingerprint density at radius 1 is 1.00 bits per heavy atom. The Hall–Kier alpha value is -1.84. The fourth-order valence-corrected chi connectivity index (χ4v) is 4.70. The van der Waals surface area contributed by atoms with Crippen LogP contribution in [0.2, 0.25) is 0 Å². The smallest absolute Gasteiger partial charge is 0.253 e. The number of amides is 2. The van der Waals surface area contributed by atoms with Crippen molar-refractivity contribution in [3.05, 3.63) is 35.4 Å². The standard InChI is InChI=1S/C24H37N5O2.HI/c1-25-23(27-18-24(13-5-6-14-24)22(31)28(2)3)26-17-19-9-11-20(12-10-19)21(30)29-15-7-4-8-16-29;/h9-12H,4-8,13-18H2,1-3H3,(H2,25,26,27);1H. The van der Waals surface area contributed by atoms with Gasteiger partial charge in [0.25, 0.3) is 5.91 Å². The number of rotatable bonds is 6. The molecule has 0 spiro atoms. The van der Waals surface area contributed by atoms with Crippen molar-refractivity contribution in [1.82, 2.24) is 20.4 Å². The van der Waals surface area contributed by atoms with E-state index in [9.17, 15) is 9.59 Å². The summed E-state index contributed by atoms with van der Waals surface area (Å²) >= 11 is 0. The summed E-state index contributed by atoms with van der Waals surface area (Å²) < 4.78 is 0. The van der Waals surface area contributed by atoms with Crippen LogP contribution in [0.15, 0.2) is 29.3 Å². The highest BCUT2D eigenvalue weighted by Gasteiger charge is 2.42. The average Bonchev–Trinajstić information content (AvgIpc) is 3.29. The number of piperidine rings is 1. The minimum atomic E-state index is -0.336. The number of halogens is 1. The van der Waals surface area contributed by atoms with E-state index in [1.165, 1.54) is 6.42 Å². The molecule has 0 bridgehead atoms. The van der Waals surface area contributed by atoms with E-state index in [2.05, 4.69) is 15.6 Å². The maximum atomic E-state index is 12.7. The maximum absolute atomic E-state index is 12.7. The maximum Gasteiger partial charge on any atom is 0.253 e. The number of hydrogen-bond acceptors (Lipinski definition) is 3. The lowest BCUT2D eigenvalue weighted by atomic mass is 9.84. The number of hydrogen-bond donors (Lipinski definition) is 2. The third-order valence-corrected chi connectivity index (χ3v) is 6.54. The number of aliphatic imine (C=N–C) groups is 1. The summed E-state index contributed by atoms with van der Waals surface area (Å²) in [5.74, 6) is 1.01. The topological polar surface area (TPSA) is 77.0 Å². The van der Waals surface area contributed by atoms with Crippen LogP contribution in [0.4, 0.5) is 0 Å². The molecule has 1 heterocycles. The molecule has 1 aromatic rings. The van der Waals surface area contributed by atoms with E-state index in [-0.39, 0.29) is 41.2 Å². The molecule has 1 aromatic carbocycles. The zero-order chi connectivity index (χ0) is 22.3. The van der Waals surface area contributed by atoms with Crippen LogP contribution in [0.1, 0.15) is 60.9 Å². The van der Waals surface area contributed by atoms with E-state index in [0.717, 1.165) is 62.7 Å². The molecule has 2 N–H and O–H groups in total. The summed E-state index contributed by atoms with van der Waals surface area (Å²) in [6.45, 7) is 2.92. The number of likely N-dealkylation sites (tertiary alicyclic amines) is 1. The Balaban J connectivity index is 0.00000363. The lowest BCUT2D eigenvalue weighted by Crippen LogP contribution is -2.49. The van der Waals surface area contributed by atoms with Crippen LogP contribution in [0, 0.1) is 5.41 Å². The molecule has 0 radical (unpaired) electrons. The highest BCUT2D eigenvalue weighted by Crippen LogP contribution is 2.38. The van der Waals surface area contributed by atoms with Gasteiger partial charge in [-0.1, -0.05) is 25.0 Å². The van der Waals surface area contributed by atoms with Gasteiger partial charge in [0.05, 0.1) is 5.41 Å². The normalized spacial score (nSPS) is 18.0. The van der Waals surface area contributed by atoms with Crippen molar-refractivity contribution in [1.29, 1.82) is 0 Å². The fourth-order valence-electron chi connectivity index (χ4n) is 4.70. The van der Waals surface area contributed by atoms with E-state index in [4.69, 9.17) is 0 Å². The van der Waals surface area contributed by atoms with Gasteiger partial charge >= 0.3 is 0 Å². The molecule has 7 nitrogen and oxygen atoms in total. The molecule has 1 saturated carbocycles. The Morgan fingerprint density at radius 2 is 1.62 bits per heavy atom. The summed E-state index contributed by atoms with van der Waals surface area (Å²) in [6, 6.07) is 7.80. The predicted molar refractivity (Wildman–Crippen MR) is 139 cm³/mol. The molecule has 1 aliphatic heterocycles. The summed E-state index contributed by atoms with van der Waals surface area (Å²) in [5, 5.41) is 6.69. The molecule has 178 valence electrons. The van der Waals surface area contributed by atoms with Gasteiger partial charge in [-0.3, -0.25) is 14.6 Å². The van der Waals surface area contributed by atoms with Gasteiger partial charge in [0.15, 0.2) is 5.96 Å². The molecule has 1 aliphatic carbocycles. The van der Waals surface area contributed by atoms with Crippen molar-refractivity contribution in [3.8, 4) is 0 Å². The number of nitrogens with one attached hydrogen (secondary N) is 2. The molecule has 8 heteroatoms. The van der Waals surface area contributed by atoms with Crippen LogP contribution < -0.4 is 10.6 Å². The highest BCUT2D eigenvalue weighted by atomic mass is 127. The van der Waals surface area contributed by atoms with Crippen molar-refractivity contribution >= 4 is 41.8 Å². The minimum absolute atomic E-state index is 0. The zero-order valence-electron chi connectivity index (χ0n) is 19.7. The molecule has 2 aliphatic rings. The first-order valence-electron chi connectivity index (χ1n) is 11.5. The molecular weight excluding hydrogens is 517 g/mol. The van der Waals surface area contributed by atoms with Gasteiger partial charge in [0.2, 0.25) is 5.91 Å². The zero-order valence-corrected chi connectivity index (χ0v) is 22.0. The summed E-state index contributed by atoms with van der Waals surface area (Å²) in [7, 11) is 5.40. The fraction of sp³-hybridized carbons (Fsp3) is 0.625. The van der Waals surface area contributed by atoms with Gasteiger partial charge in [-0.25, -0.2) is 0 Å². The second-order valence-electron chi connectivity index (χ2n) is 9.02. The summed E-state index contributed by atoms with van der Waals surface area (Å²) in [4.78, 5) is 33.3. The second-order valence-corrected chi connectivity index (χ2v) is 9.02. The van der Waals surface area contributed by atoms with Crippen molar-refractivity contribution in [2.45, 2.75) is 51.5 Å². The number of carbonyl (C=O) groups is 2. The van der Waals surface area contributed by atoms with E-state index >= 15 is 0 Å². The summed E-state index contributed by atoms with van der Waals surface area (Å²) in [5.41, 5.74) is 1.49. The third kappa shape index (κ3) is 6.59. The lowest BCUT2D eigenvalue weighted by molar-refractivity contribution is -0.138. The second kappa shape index (κ2) is 12.4. The van der Waals surface area contributed by atoms with Gasteiger partial charge in [-0.2, -0.15) is 0 Å². The Morgan fingerprint density at radius 3 is 2.19 bits per heavy atom. The van der Waals surface area contributed by atoms with Crippen LogP contribution in [-0.2, 0) is 11.3 Å². The van der Waals surface area contributed by atoms with Gasteiger partial charge in [0, 0.05) is 52.9 Å². The highest BCUT2D eigenvalue weighted by molar-refractivity contribution is 14.0. The number of benzene rings is 1. The molecule has 3 rings (SSSR count). The monoisotopic (exact) mass is 555 g/mol. The van der Waals surface area contributed by atoms with E-state index in [0.29, 0.717) is 19.0 Å². The number of carbonyl (C=O) groups excluding carboxylic acids is 2. The van der Waals surface area contributed by atoms with Crippen LogP contribution in [-0.4, -0.2) is 68.4 Å². The van der Waals surface area contributed by atoms with Crippen molar-refractivity contribution in [3.63, 3.8) is 0 Å². The molecule has 2 fully saturated rings. The largest absolute Gasteiger partial charge is 0.355 e. The molecular formula is C24H38IN5O2. The molecule has 2 amide bonds. The molecule has 1 saturated heterocycles. The van der Waals surface area contributed by atoms with Gasteiger partial charge in [0.1, 0.15) is 0 Å². The van der Waals surface area contributed by atoms with Crippen molar-refractivity contribution < 1.29 is 9.59 Å². The third-order valence-electron chi connectivity index (χ3n) is 6.54. The van der Waals surface area contributed by atoms with Gasteiger partial charge in [-0.05, 0) is 49.8 Å². The Bertz CT molecular complexity index is 782. The van der Waals surface area contributed by atoms with E-state index in [1.54, 1.807) is 11.9 Å². The van der Waals surface area contributed by atoms with Crippen LogP contribution in [0.25, 0.3) is 0 Å². The molecule has 0 unspecified atom stereocenters. The van der Waals surface area contributed by atoms with Gasteiger partial charge < -0.3 is 20.4 Å². The lowest BCUT2D eigenvalue weighted by Gasteiger charge is -2.31. The first kappa shape index (κ1) is 26.4. The SMILES string of the molecule is CN=C(NCc1ccc(C(=O)N2CCCCC2)cc1)NCC1(C(=O)N(C)C)CCCC1.I. The van der Waals surface area contributed by atoms with Crippen LogP contribution in [0.5, 0.6) is 0 Å².